The Balaban J connectivity index is 1.97. The van der Waals surface area contributed by atoms with Gasteiger partial charge in [-0.25, -0.2) is 0 Å². The Labute approximate surface area is 127 Å². The molecule has 0 aromatic rings. The quantitative estimate of drug-likeness (QED) is 0.584. The van der Waals surface area contributed by atoms with E-state index in [2.05, 4.69) is 20.4 Å². The van der Waals surface area contributed by atoms with E-state index < -0.39 is 12.2 Å². The zero-order valence-corrected chi connectivity index (χ0v) is 13.2. The molecule has 2 rings (SSSR count). The molecule has 6 atom stereocenters. The van der Waals surface area contributed by atoms with Gasteiger partial charge in [-0.15, -0.1) is 0 Å². The van der Waals surface area contributed by atoms with Gasteiger partial charge >= 0.3 is 0 Å². The number of hydrogen-bond acceptors (Lipinski definition) is 3. The number of carbonyl (C=O) groups excluding carboxylic acids is 1. The average Bonchev–Trinajstić information content (AvgIpc) is 2.90. The zero-order valence-electron chi connectivity index (χ0n) is 13.2. The predicted molar refractivity (Wildman–Crippen MR) is 83.7 cm³/mol. The second kappa shape index (κ2) is 6.89. The fourth-order valence-electron chi connectivity index (χ4n) is 3.77. The van der Waals surface area contributed by atoms with Crippen LogP contribution in [0.3, 0.4) is 0 Å². The van der Waals surface area contributed by atoms with Crippen LogP contribution in [-0.4, -0.2) is 28.2 Å². The lowest BCUT2D eigenvalue weighted by Crippen LogP contribution is -2.19. The van der Waals surface area contributed by atoms with E-state index >= 15 is 0 Å². The van der Waals surface area contributed by atoms with Crippen molar-refractivity contribution in [3.05, 3.63) is 24.3 Å². The smallest absolute Gasteiger partial charge is 0.161 e. The molecule has 0 aromatic heterocycles. The van der Waals surface area contributed by atoms with E-state index in [4.69, 9.17) is 0 Å². The summed E-state index contributed by atoms with van der Waals surface area (Å²) in [5.74, 6) is 0.458. The van der Waals surface area contributed by atoms with Crippen molar-refractivity contribution in [2.24, 2.45) is 23.7 Å². The van der Waals surface area contributed by atoms with E-state index in [-0.39, 0.29) is 29.5 Å². The summed E-state index contributed by atoms with van der Waals surface area (Å²) in [6, 6.07) is 0. The van der Waals surface area contributed by atoms with Gasteiger partial charge in [0.15, 0.2) is 5.78 Å². The number of hydrogen-bond donors (Lipinski definition) is 2. The second-order valence-electron chi connectivity index (χ2n) is 6.82. The van der Waals surface area contributed by atoms with Crippen LogP contribution in [0.25, 0.3) is 0 Å². The van der Waals surface area contributed by atoms with Gasteiger partial charge in [-0.05, 0) is 36.7 Å². The van der Waals surface area contributed by atoms with Crippen molar-refractivity contribution in [2.75, 3.05) is 0 Å². The van der Waals surface area contributed by atoms with Gasteiger partial charge < -0.3 is 10.2 Å². The van der Waals surface area contributed by atoms with Crippen molar-refractivity contribution in [1.29, 1.82) is 0 Å². The highest BCUT2D eigenvalue weighted by atomic mass is 16.3. The van der Waals surface area contributed by atoms with Crippen LogP contribution in [0.15, 0.2) is 24.3 Å². The number of fused-ring (bicyclic) bond motifs is 1. The molecule has 0 aliphatic heterocycles. The Hall–Kier alpha value is -0.930. The number of carbonyl (C=O) groups is 1. The molecule has 1 unspecified atom stereocenters. The molecule has 0 aromatic carbocycles. The summed E-state index contributed by atoms with van der Waals surface area (Å²) in [6.07, 6.45) is 7.32. The molecule has 2 fully saturated rings. The van der Waals surface area contributed by atoms with Crippen LogP contribution in [-0.2, 0) is 4.79 Å². The van der Waals surface area contributed by atoms with Gasteiger partial charge in [0.25, 0.3) is 0 Å². The lowest BCUT2D eigenvalue weighted by atomic mass is 9.89. The molecule has 118 valence electrons. The van der Waals surface area contributed by atoms with Gasteiger partial charge in [0.05, 0.1) is 12.2 Å². The highest BCUT2D eigenvalue weighted by molar-refractivity contribution is 5.99. The second-order valence-corrected chi connectivity index (χ2v) is 6.82. The molecule has 3 nitrogen and oxygen atoms in total. The summed E-state index contributed by atoms with van der Waals surface area (Å²) < 4.78 is 0. The van der Waals surface area contributed by atoms with Crippen molar-refractivity contribution in [1.82, 2.24) is 0 Å². The molecule has 2 aliphatic carbocycles. The van der Waals surface area contributed by atoms with Crippen LogP contribution in [0.5, 0.6) is 0 Å². The lowest BCUT2D eigenvalue weighted by molar-refractivity contribution is -0.118. The molecule has 2 N–H and O–H groups in total. The minimum Gasteiger partial charge on any atom is -0.392 e. The number of unbranched alkanes of at least 4 members (excludes halogenated alkanes) is 1. The minimum absolute atomic E-state index is 0.0220. The van der Waals surface area contributed by atoms with Crippen molar-refractivity contribution >= 4 is 5.78 Å². The molecule has 0 amide bonds. The molecular weight excluding hydrogens is 264 g/mol. The first-order valence-corrected chi connectivity index (χ1v) is 8.22. The summed E-state index contributed by atoms with van der Waals surface area (Å²) in [6.45, 7) is 8.03. The molecular formula is C18H28O3. The summed E-state index contributed by atoms with van der Waals surface area (Å²) in [5.41, 5.74) is 0.701. The topological polar surface area (TPSA) is 57.5 Å². The molecule has 0 spiro atoms. The molecule has 2 aliphatic rings. The largest absolute Gasteiger partial charge is 0.392 e. The molecule has 0 saturated heterocycles. The maximum absolute atomic E-state index is 12.0. The number of ketones is 1. The monoisotopic (exact) mass is 292 g/mol. The van der Waals surface area contributed by atoms with Crippen molar-refractivity contribution in [3.63, 3.8) is 0 Å². The number of rotatable bonds is 6. The number of aliphatic hydroxyl groups excluding tert-OH is 2. The Kier molecular flexibility index (Phi) is 5.39. The van der Waals surface area contributed by atoms with Crippen molar-refractivity contribution in [3.8, 4) is 0 Å². The van der Waals surface area contributed by atoms with Gasteiger partial charge in [0.1, 0.15) is 0 Å². The Morgan fingerprint density at radius 1 is 1.48 bits per heavy atom. The predicted octanol–water partition coefficient (Wildman–Crippen LogP) is 2.87. The third kappa shape index (κ3) is 3.46. The first-order chi connectivity index (χ1) is 9.95. The fraction of sp³-hybridized carbons (Fsp3) is 0.722. The van der Waals surface area contributed by atoms with Crippen molar-refractivity contribution in [2.45, 2.75) is 58.2 Å². The van der Waals surface area contributed by atoms with E-state index in [0.29, 0.717) is 18.4 Å². The molecule has 2 saturated carbocycles. The molecule has 0 heterocycles. The normalized spacial score (nSPS) is 35.4. The maximum Gasteiger partial charge on any atom is 0.161 e. The van der Waals surface area contributed by atoms with Gasteiger partial charge in [-0.1, -0.05) is 45.4 Å². The van der Waals surface area contributed by atoms with Crippen LogP contribution in [0.4, 0.5) is 0 Å². The number of aliphatic hydroxyl groups is 2. The number of allylic oxidation sites excluding steroid dienone is 1. The van der Waals surface area contributed by atoms with Crippen molar-refractivity contribution < 1.29 is 15.0 Å². The summed E-state index contributed by atoms with van der Waals surface area (Å²) in [5, 5.41) is 20.4. The third-order valence-electron chi connectivity index (χ3n) is 5.24. The number of Topliss-reactive ketones (excluding diaryl/α,β-unsaturated/α-hetero) is 1. The van der Waals surface area contributed by atoms with E-state index in [1.807, 2.05) is 12.2 Å². The first-order valence-electron chi connectivity index (χ1n) is 8.22. The molecule has 0 bridgehead atoms. The molecule has 0 radical (unpaired) electrons. The van der Waals surface area contributed by atoms with E-state index in [9.17, 15) is 15.0 Å². The Morgan fingerprint density at radius 2 is 2.19 bits per heavy atom. The minimum atomic E-state index is -0.469. The zero-order chi connectivity index (χ0) is 15.6. The first kappa shape index (κ1) is 16.4. The van der Waals surface area contributed by atoms with Crippen LogP contribution in [0, 0.1) is 23.7 Å². The highest BCUT2D eigenvalue weighted by Crippen LogP contribution is 2.48. The van der Waals surface area contributed by atoms with Gasteiger partial charge in [0.2, 0.25) is 0 Å². The molecule has 3 heteroatoms. The Bertz CT molecular complexity index is 426. The van der Waals surface area contributed by atoms with Crippen LogP contribution in [0.1, 0.15) is 46.0 Å². The summed E-state index contributed by atoms with van der Waals surface area (Å²) in [7, 11) is 0. The van der Waals surface area contributed by atoms with E-state index in [1.54, 1.807) is 0 Å². The standard InChI is InChI=1S/C18H28O3/c1-4-5-6-11(2)16(19)8-7-13-14-9-12(3)18(21)15(14)10-17(13)20/h7-8,11,13-17,19-20H,3-6,9-10H2,1-2H3/t11?,13-,14-,15-,16+,17+/m0/s1. The SMILES string of the molecule is C=C1C[C@H]2[C@H](C=C[C@@H](O)C(C)CCCC)[C@H](O)C[C@@H]2C1=O. The fourth-order valence-corrected chi connectivity index (χ4v) is 3.77. The summed E-state index contributed by atoms with van der Waals surface area (Å²) >= 11 is 0. The van der Waals surface area contributed by atoms with Crippen LogP contribution >= 0.6 is 0 Å². The molecule has 21 heavy (non-hydrogen) atoms. The lowest BCUT2D eigenvalue weighted by Gasteiger charge is -2.19. The average molecular weight is 292 g/mol. The maximum atomic E-state index is 12.0. The van der Waals surface area contributed by atoms with Crippen LogP contribution in [0.2, 0.25) is 0 Å². The van der Waals surface area contributed by atoms with Crippen LogP contribution < -0.4 is 0 Å². The van der Waals surface area contributed by atoms with Gasteiger partial charge in [-0.3, -0.25) is 4.79 Å². The summed E-state index contributed by atoms with van der Waals surface area (Å²) in [4.78, 5) is 12.0. The Morgan fingerprint density at radius 3 is 2.86 bits per heavy atom. The van der Waals surface area contributed by atoms with E-state index in [1.165, 1.54) is 0 Å². The van der Waals surface area contributed by atoms with Gasteiger partial charge in [-0.2, -0.15) is 0 Å². The third-order valence-corrected chi connectivity index (χ3v) is 5.24. The van der Waals surface area contributed by atoms with E-state index in [0.717, 1.165) is 19.3 Å². The highest BCUT2D eigenvalue weighted by Gasteiger charge is 2.49. The van der Waals surface area contributed by atoms with Gasteiger partial charge in [0, 0.05) is 11.8 Å².